The maximum atomic E-state index is 2.43. The molecule has 0 N–H and O–H groups in total. The molecule has 2 aliphatic rings. The van der Waals surface area contributed by atoms with Gasteiger partial charge in [-0.3, -0.25) is 0 Å². The van der Waals surface area contributed by atoms with Gasteiger partial charge in [0.2, 0.25) is 0 Å². The van der Waals surface area contributed by atoms with Crippen LogP contribution in [0, 0.1) is 23.7 Å². The fraction of sp³-hybridized carbons (Fsp3) is 1.00. The van der Waals surface area contributed by atoms with Crippen LogP contribution in [0.5, 0.6) is 0 Å². The third-order valence-corrected chi connectivity index (χ3v) is 4.51. The summed E-state index contributed by atoms with van der Waals surface area (Å²) in [4.78, 5) is 0. The molecule has 2 aliphatic carbocycles. The van der Waals surface area contributed by atoms with Crippen molar-refractivity contribution in [3.05, 3.63) is 0 Å². The summed E-state index contributed by atoms with van der Waals surface area (Å²) in [5.74, 6) is 4.73. The molecule has 0 heteroatoms. The summed E-state index contributed by atoms with van der Waals surface area (Å²) in [6, 6.07) is 0. The maximum absolute atomic E-state index is 2.43. The molecule has 0 nitrogen and oxygen atoms in total. The van der Waals surface area contributed by atoms with Crippen molar-refractivity contribution in [2.45, 2.75) is 65.2 Å². The molecule has 14 heavy (non-hydrogen) atoms. The molecular weight excluding hydrogens is 168 g/mol. The molecule has 2 rings (SSSR count). The van der Waals surface area contributed by atoms with Crippen molar-refractivity contribution < 1.29 is 0 Å². The molecule has 2 atom stereocenters. The van der Waals surface area contributed by atoms with Gasteiger partial charge < -0.3 is 0 Å². The minimum Gasteiger partial charge on any atom is -0.0654 e. The van der Waals surface area contributed by atoms with Crippen LogP contribution >= 0.6 is 0 Å². The average molecular weight is 194 g/mol. The number of hydrogen-bond acceptors (Lipinski definition) is 0. The lowest BCUT2D eigenvalue weighted by molar-refractivity contribution is 0.446. The molecule has 0 spiro atoms. The first-order chi connectivity index (χ1) is 6.86. The van der Waals surface area contributed by atoms with Crippen molar-refractivity contribution in [2.75, 3.05) is 0 Å². The zero-order chi connectivity index (χ0) is 9.97. The van der Waals surface area contributed by atoms with Crippen LogP contribution in [0.2, 0.25) is 0 Å². The van der Waals surface area contributed by atoms with E-state index in [-0.39, 0.29) is 0 Å². The van der Waals surface area contributed by atoms with Crippen molar-refractivity contribution in [1.82, 2.24) is 0 Å². The lowest BCUT2D eigenvalue weighted by atomic mass is 9.99. The normalized spacial score (nSPS) is 38.1. The fourth-order valence-electron chi connectivity index (χ4n) is 3.31. The summed E-state index contributed by atoms with van der Waals surface area (Å²) in [6.07, 6.45) is 11.9. The van der Waals surface area contributed by atoms with Crippen LogP contribution in [0.3, 0.4) is 0 Å². The SMILES string of the molecule is CCCCCCCCCC1C2C(C)C12. The molecule has 0 aromatic carbocycles. The molecule has 0 aliphatic heterocycles. The molecule has 2 saturated carbocycles. The van der Waals surface area contributed by atoms with Crippen molar-refractivity contribution in [3.8, 4) is 0 Å². The number of hydrogen-bond donors (Lipinski definition) is 0. The maximum Gasteiger partial charge on any atom is -0.0321 e. The van der Waals surface area contributed by atoms with Gasteiger partial charge in [-0.1, -0.05) is 58.8 Å². The highest BCUT2D eigenvalue weighted by Crippen LogP contribution is 2.74. The number of fused-ring (bicyclic) bond motifs is 1. The van der Waals surface area contributed by atoms with E-state index in [1.165, 1.54) is 62.7 Å². The van der Waals surface area contributed by atoms with Gasteiger partial charge in [0, 0.05) is 0 Å². The second kappa shape index (κ2) is 4.68. The topological polar surface area (TPSA) is 0 Å². The third kappa shape index (κ3) is 2.32. The van der Waals surface area contributed by atoms with Gasteiger partial charge in [-0.25, -0.2) is 0 Å². The predicted molar refractivity (Wildman–Crippen MR) is 62.2 cm³/mol. The van der Waals surface area contributed by atoms with Crippen molar-refractivity contribution in [1.29, 1.82) is 0 Å². The first-order valence-corrected chi connectivity index (χ1v) is 6.86. The summed E-state index contributed by atoms with van der Waals surface area (Å²) in [6.45, 7) is 4.72. The van der Waals surface area contributed by atoms with E-state index in [9.17, 15) is 0 Å². The minimum absolute atomic E-state index is 1.13. The van der Waals surface area contributed by atoms with Gasteiger partial charge in [-0.2, -0.15) is 0 Å². The molecule has 0 radical (unpaired) electrons. The summed E-state index contributed by atoms with van der Waals surface area (Å²) in [5, 5.41) is 0. The van der Waals surface area contributed by atoms with Gasteiger partial charge >= 0.3 is 0 Å². The van der Waals surface area contributed by atoms with Crippen LogP contribution < -0.4 is 0 Å². The monoisotopic (exact) mass is 194 g/mol. The van der Waals surface area contributed by atoms with Crippen LogP contribution in [-0.2, 0) is 0 Å². The van der Waals surface area contributed by atoms with Crippen molar-refractivity contribution >= 4 is 0 Å². The Morgan fingerprint density at radius 1 is 0.786 bits per heavy atom. The summed E-state index contributed by atoms with van der Waals surface area (Å²) in [7, 11) is 0. The smallest absolute Gasteiger partial charge is 0.0321 e. The molecule has 82 valence electrons. The van der Waals surface area contributed by atoms with E-state index >= 15 is 0 Å². The van der Waals surface area contributed by atoms with Gasteiger partial charge in [0.1, 0.15) is 0 Å². The molecular formula is C14H26. The average Bonchev–Trinajstić information content (AvgIpc) is 3.06. The van der Waals surface area contributed by atoms with Gasteiger partial charge in [0.25, 0.3) is 0 Å². The van der Waals surface area contributed by atoms with Gasteiger partial charge in [0.05, 0.1) is 0 Å². The van der Waals surface area contributed by atoms with Crippen LogP contribution in [0.1, 0.15) is 65.2 Å². The Labute approximate surface area is 89.5 Å². The van der Waals surface area contributed by atoms with Gasteiger partial charge in [0.15, 0.2) is 0 Å². The molecule has 0 aromatic rings. The zero-order valence-electron chi connectivity index (χ0n) is 9.97. The van der Waals surface area contributed by atoms with Gasteiger partial charge in [-0.15, -0.1) is 0 Å². The fourth-order valence-corrected chi connectivity index (χ4v) is 3.31. The first-order valence-electron chi connectivity index (χ1n) is 6.86. The van der Waals surface area contributed by atoms with E-state index in [4.69, 9.17) is 0 Å². The second-order valence-electron chi connectivity index (χ2n) is 5.59. The van der Waals surface area contributed by atoms with E-state index < -0.39 is 0 Å². The Bertz CT molecular complexity index is 163. The highest BCUT2D eigenvalue weighted by molar-refractivity contribution is 5.16. The second-order valence-corrected chi connectivity index (χ2v) is 5.59. The van der Waals surface area contributed by atoms with Crippen LogP contribution in [0.15, 0.2) is 0 Å². The first kappa shape index (κ1) is 10.5. The molecule has 0 heterocycles. The van der Waals surface area contributed by atoms with E-state index in [1.807, 2.05) is 0 Å². The third-order valence-electron chi connectivity index (χ3n) is 4.51. The molecule has 0 saturated heterocycles. The Hall–Kier alpha value is 0. The highest BCUT2D eigenvalue weighted by Gasteiger charge is 2.69. The molecule has 0 bridgehead atoms. The highest BCUT2D eigenvalue weighted by atomic mass is 14.7. The minimum atomic E-state index is 1.13. The Balaban J connectivity index is 1.32. The number of rotatable bonds is 8. The van der Waals surface area contributed by atoms with Gasteiger partial charge in [-0.05, 0) is 30.1 Å². The summed E-state index contributed by atoms with van der Waals surface area (Å²) < 4.78 is 0. The molecule has 2 unspecified atom stereocenters. The Kier molecular flexibility index (Phi) is 3.52. The van der Waals surface area contributed by atoms with E-state index in [1.54, 1.807) is 6.42 Å². The zero-order valence-corrected chi connectivity index (χ0v) is 9.97. The molecule has 0 amide bonds. The molecule has 2 fully saturated rings. The van der Waals surface area contributed by atoms with E-state index in [0.717, 1.165) is 5.92 Å². The van der Waals surface area contributed by atoms with Crippen LogP contribution in [-0.4, -0.2) is 0 Å². The van der Waals surface area contributed by atoms with Crippen molar-refractivity contribution in [2.24, 2.45) is 23.7 Å². The summed E-state index contributed by atoms with van der Waals surface area (Å²) in [5.41, 5.74) is 0. The number of unbranched alkanes of at least 4 members (excludes halogenated alkanes) is 6. The Morgan fingerprint density at radius 2 is 1.36 bits per heavy atom. The van der Waals surface area contributed by atoms with Crippen LogP contribution in [0.4, 0.5) is 0 Å². The van der Waals surface area contributed by atoms with Crippen LogP contribution in [0.25, 0.3) is 0 Å². The summed E-state index contributed by atoms with van der Waals surface area (Å²) >= 11 is 0. The lowest BCUT2D eigenvalue weighted by Gasteiger charge is -2.06. The largest absolute Gasteiger partial charge is 0.0654 e. The lowest BCUT2D eigenvalue weighted by Crippen LogP contribution is -1.96. The van der Waals surface area contributed by atoms with E-state index in [2.05, 4.69) is 13.8 Å². The standard InChI is InChI=1S/C14H26/c1-3-4-5-6-7-8-9-10-12-13-11(2)14(12)13/h11-14H,3-10H2,1-2H3. The Morgan fingerprint density at radius 3 is 1.93 bits per heavy atom. The molecule has 0 aromatic heterocycles. The van der Waals surface area contributed by atoms with E-state index in [0.29, 0.717) is 0 Å². The predicted octanol–water partition coefficient (Wildman–Crippen LogP) is 4.64. The quantitative estimate of drug-likeness (QED) is 0.494. The van der Waals surface area contributed by atoms with Crippen molar-refractivity contribution in [3.63, 3.8) is 0 Å².